The summed E-state index contributed by atoms with van der Waals surface area (Å²) in [4.78, 5) is 72.4. The van der Waals surface area contributed by atoms with Crippen molar-refractivity contribution in [2.24, 2.45) is 5.92 Å². The Morgan fingerprint density at radius 1 is 0.311 bits per heavy atom. The number of carbonyl (C=O) groups excluding carboxylic acids is 4. The van der Waals surface area contributed by atoms with Gasteiger partial charge in [0, 0.05) is 25.7 Å². The van der Waals surface area contributed by atoms with Crippen molar-refractivity contribution in [2.45, 2.75) is 387 Å². The minimum Gasteiger partial charge on any atom is -0.462 e. The topological polar surface area (TPSA) is 237 Å². The van der Waals surface area contributed by atoms with Crippen LogP contribution in [0, 0.1) is 5.92 Å². The van der Waals surface area contributed by atoms with Gasteiger partial charge in [-0.3, -0.25) is 37.3 Å². The quantitative estimate of drug-likeness (QED) is 0.0222. The number of phosphoric ester groups is 2. The third-order valence-electron chi connectivity index (χ3n) is 16.9. The summed E-state index contributed by atoms with van der Waals surface area (Å²) in [5.74, 6) is -1.28. The largest absolute Gasteiger partial charge is 0.472 e. The Balaban J connectivity index is 5.19. The molecule has 0 saturated heterocycles. The van der Waals surface area contributed by atoms with E-state index in [1.807, 2.05) is 0 Å². The summed E-state index contributed by atoms with van der Waals surface area (Å²) in [6.45, 7) is 7.27. The molecule has 0 aromatic carbocycles. The first-order valence-electron chi connectivity index (χ1n) is 37.2. The first-order valence-corrected chi connectivity index (χ1v) is 40.2. The van der Waals surface area contributed by atoms with Crippen molar-refractivity contribution < 1.29 is 80.2 Å². The maximum Gasteiger partial charge on any atom is 0.472 e. The Morgan fingerprint density at radius 3 is 0.789 bits per heavy atom. The molecular weight excluding hydrogens is 1190 g/mol. The number of aliphatic hydroxyl groups is 1. The lowest BCUT2D eigenvalue weighted by molar-refractivity contribution is -0.161. The van der Waals surface area contributed by atoms with Crippen LogP contribution in [0.2, 0.25) is 0 Å². The van der Waals surface area contributed by atoms with Crippen LogP contribution in [0.1, 0.15) is 369 Å². The Bertz CT molecular complexity index is 1740. The lowest BCUT2D eigenvalue weighted by atomic mass is 9.99. The van der Waals surface area contributed by atoms with Crippen molar-refractivity contribution in [2.75, 3.05) is 39.6 Å². The van der Waals surface area contributed by atoms with Crippen LogP contribution in [0.15, 0.2) is 0 Å². The number of esters is 4. The van der Waals surface area contributed by atoms with Gasteiger partial charge in [0.2, 0.25) is 0 Å². The van der Waals surface area contributed by atoms with Crippen molar-refractivity contribution >= 4 is 39.5 Å². The van der Waals surface area contributed by atoms with Crippen molar-refractivity contribution in [3.8, 4) is 0 Å². The van der Waals surface area contributed by atoms with E-state index in [9.17, 15) is 43.2 Å². The smallest absolute Gasteiger partial charge is 0.462 e. The van der Waals surface area contributed by atoms with Crippen LogP contribution in [-0.4, -0.2) is 96.7 Å². The predicted octanol–water partition coefficient (Wildman–Crippen LogP) is 20.5. The highest BCUT2D eigenvalue weighted by atomic mass is 31.2. The van der Waals surface area contributed by atoms with Crippen molar-refractivity contribution in [1.29, 1.82) is 0 Å². The standard InChI is InChI=1S/C71H138O17P2/c1-6-10-13-16-19-21-23-27-32-35-40-45-50-55-69(74)82-61-67(88-71(76)57-52-47-42-37-33-29-26-25-28-30-34-39-43-48-53-64(5)9-4)63-86-90(79,80)84-59-65(72)58-83-89(77,78)85-62-66(60-81-68(73)54-49-44-38-18-15-12-8-3)87-70(75)56-51-46-41-36-31-24-22-20-17-14-11-7-2/h64-67,72H,6-63H2,1-5H3,(H,77,78)(H,79,80)/t64?,65-,66+,67+/m0/s1. The minimum absolute atomic E-state index is 0.107. The van der Waals surface area contributed by atoms with Gasteiger partial charge in [-0.2, -0.15) is 0 Å². The summed E-state index contributed by atoms with van der Waals surface area (Å²) in [5.41, 5.74) is 0. The monoisotopic (exact) mass is 1320 g/mol. The Labute approximate surface area is 549 Å². The first kappa shape index (κ1) is 88.1. The van der Waals surface area contributed by atoms with E-state index in [1.54, 1.807) is 0 Å². The lowest BCUT2D eigenvalue weighted by Gasteiger charge is -2.21. The molecule has 0 aromatic heterocycles. The molecule has 0 amide bonds. The molecular formula is C71H138O17P2. The third kappa shape index (κ3) is 63.5. The summed E-state index contributed by atoms with van der Waals surface area (Å²) in [6.07, 6.45) is 51.3. The molecule has 19 heteroatoms. The molecule has 0 fully saturated rings. The van der Waals surface area contributed by atoms with Crippen LogP contribution in [0.4, 0.5) is 0 Å². The fraction of sp³-hybridized carbons (Fsp3) is 0.944. The summed E-state index contributed by atoms with van der Waals surface area (Å²) in [6, 6.07) is 0. The fourth-order valence-corrected chi connectivity index (χ4v) is 12.4. The van der Waals surface area contributed by atoms with Crippen molar-refractivity contribution in [3.63, 3.8) is 0 Å². The zero-order valence-electron chi connectivity index (χ0n) is 58.3. The Kier molecular flexibility index (Phi) is 63.0. The average molecular weight is 1330 g/mol. The van der Waals surface area contributed by atoms with Gasteiger partial charge in [-0.25, -0.2) is 9.13 Å². The predicted molar refractivity (Wildman–Crippen MR) is 363 cm³/mol. The highest BCUT2D eigenvalue weighted by Gasteiger charge is 2.30. The van der Waals surface area contributed by atoms with Crippen LogP contribution in [0.3, 0.4) is 0 Å². The van der Waals surface area contributed by atoms with Gasteiger partial charge in [-0.05, 0) is 31.6 Å². The van der Waals surface area contributed by atoms with Crippen molar-refractivity contribution in [1.82, 2.24) is 0 Å². The van der Waals surface area contributed by atoms with Crippen molar-refractivity contribution in [3.05, 3.63) is 0 Å². The second kappa shape index (κ2) is 64.4. The molecule has 0 spiro atoms. The zero-order chi connectivity index (χ0) is 66.3. The molecule has 6 atom stereocenters. The summed E-state index contributed by atoms with van der Waals surface area (Å²) in [7, 11) is -9.89. The number of hydrogen-bond donors (Lipinski definition) is 3. The summed E-state index contributed by atoms with van der Waals surface area (Å²) >= 11 is 0. The van der Waals surface area contributed by atoms with Gasteiger partial charge < -0.3 is 33.8 Å². The number of phosphoric acid groups is 2. The van der Waals surface area contributed by atoms with E-state index in [0.29, 0.717) is 25.7 Å². The molecule has 0 saturated carbocycles. The molecule has 0 bridgehead atoms. The van der Waals surface area contributed by atoms with Gasteiger partial charge in [0.15, 0.2) is 12.2 Å². The summed E-state index contributed by atoms with van der Waals surface area (Å²) < 4.78 is 68.2. The first-order chi connectivity index (χ1) is 43.6. The Morgan fingerprint density at radius 2 is 0.533 bits per heavy atom. The molecule has 0 rings (SSSR count). The molecule has 0 heterocycles. The van der Waals surface area contributed by atoms with Gasteiger partial charge in [0.1, 0.15) is 19.3 Å². The van der Waals surface area contributed by atoms with Gasteiger partial charge >= 0.3 is 39.5 Å². The van der Waals surface area contributed by atoms with Gasteiger partial charge in [0.05, 0.1) is 26.4 Å². The average Bonchev–Trinajstić information content (AvgIpc) is 2.60. The minimum atomic E-state index is -4.95. The SMILES string of the molecule is CCCCCCCCCCCCCCCC(=O)OC[C@H](COP(=O)(O)OC[C@@H](O)COP(=O)(O)OC[C@@H](COC(=O)CCCCCCCCC)OC(=O)CCCCCCCCCCCCCC)OC(=O)CCCCCCCCCCCCCCCCC(C)CC. The molecule has 0 aliphatic rings. The highest BCUT2D eigenvalue weighted by molar-refractivity contribution is 7.47. The normalized spacial score (nSPS) is 14.4. The molecule has 0 radical (unpaired) electrons. The van der Waals surface area contributed by atoms with E-state index < -0.39 is 97.5 Å². The van der Waals surface area contributed by atoms with Crippen LogP contribution in [0.25, 0.3) is 0 Å². The molecule has 0 aliphatic carbocycles. The number of carbonyl (C=O) groups is 4. The number of unbranched alkanes of at least 4 members (excludes halogenated alkanes) is 42. The highest BCUT2D eigenvalue weighted by Crippen LogP contribution is 2.45. The van der Waals surface area contributed by atoms with Gasteiger partial charge in [-0.15, -0.1) is 0 Å². The fourth-order valence-electron chi connectivity index (χ4n) is 10.8. The molecule has 3 unspecified atom stereocenters. The van der Waals surface area contributed by atoms with Crippen LogP contribution < -0.4 is 0 Å². The number of ether oxygens (including phenoxy) is 4. The van der Waals surface area contributed by atoms with E-state index in [2.05, 4.69) is 34.6 Å². The van der Waals surface area contributed by atoms with E-state index in [4.69, 9.17) is 37.0 Å². The second-order valence-corrected chi connectivity index (χ2v) is 28.8. The third-order valence-corrected chi connectivity index (χ3v) is 18.8. The van der Waals surface area contributed by atoms with Crippen LogP contribution in [-0.2, 0) is 65.4 Å². The van der Waals surface area contributed by atoms with E-state index >= 15 is 0 Å². The molecule has 90 heavy (non-hydrogen) atoms. The van der Waals surface area contributed by atoms with Gasteiger partial charge in [-0.1, -0.05) is 317 Å². The molecule has 3 N–H and O–H groups in total. The van der Waals surface area contributed by atoms with Gasteiger partial charge in [0.25, 0.3) is 0 Å². The van der Waals surface area contributed by atoms with E-state index in [1.165, 1.54) is 180 Å². The molecule has 534 valence electrons. The summed E-state index contributed by atoms with van der Waals surface area (Å²) in [5, 5.41) is 10.6. The van der Waals surface area contributed by atoms with E-state index in [-0.39, 0.29) is 25.7 Å². The van der Waals surface area contributed by atoms with E-state index in [0.717, 1.165) is 109 Å². The number of aliphatic hydroxyl groups excluding tert-OH is 1. The number of rotatable bonds is 71. The van der Waals surface area contributed by atoms with Crippen LogP contribution in [0.5, 0.6) is 0 Å². The number of hydrogen-bond acceptors (Lipinski definition) is 15. The molecule has 17 nitrogen and oxygen atoms in total. The lowest BCUT2D eigenvalue weighted by Crippen LogP contribution is -2.30. The maximum atomic E-state index is 13.0. The zero-order valence-corrected chi connectivity index (χ0v) is 60.1. The Hall–Kier alpha value is -1.94. The maximum absolute atomic E-state index is 13.0. The van der Waals surface area contributed by atoms with Crippen LogP contribution >= 0.6 is 15.6 Å². The molecule has 0 aromatic rings. The second-order valence-electron chi connectivity index (χ2n) is 25.9. The molecule has 0 aliphatic heterocycles.